The molecule has 2 N–H and O–H groups in total. The average molecular weight is 267 g/mol. The minimum atomic E-state index is -0.0557. The summed E-state index contributed by atoms with van der Waals surface area (Å²) in [5, 5.41) is 0. The van der Waals surface area contributed by atoms with Crippen LogP contribution in [0.15, 0.2) is 0 Å². The van der Waals surface area contributed by atoms with E-state index in [-0.39, 0.29) is 11.6 Å². The van der Waals surface area contributed by atoms with Crippen LogP contribution in [-0.2, 0) is 4.79 Å². The van der Waals surface area contributed by atoms with Crippen LogP contribution in [0.5, 0.6) is 0 Å². The zero-order chi connectivity index (χ0) is 14.0. The zero-order valence-electron chi connectivity index (χ0n) is 12.7. The summed E-state index contributed by atoms with van der Waals surface area (Å²) in [5.41, 5.74) is 5.94. The van der Waals surface area contributed by atoms with Gasteiger partial charge in [0.1, 0.15) is 0 Å². The number of rotatable bonds is 3. The highest BCUT2D eigenvalue weighted by atomic mass is 16.2. The summed E-state index contributed by atoms with van der Waals surface area (Å²) in [5.74, 6) is 0.994. The molecule has 0 aromatic carbocycles. The summed E-state index contributed by atoms with van der Waals surface area (Å²) in [6.45, 7) is 7.35. The van der Waals surface area contributed by atoms with E-state index in [1.165, 1.54) is 19.4 Å². The molecule has 0 spiro atoms. The molecule has 0 aliphatic carbocycles. The standard InChI is InChI=1S/C15H29N3O/c1-15(2)9-13(16)11-18(15)14(19)7-6-12-5-4-8-17(3)10-12/h12-13H,4-11,16H2,1-3H3. The van der Waals surface area contributed by atoms with Crippen molar-refractivity contribution in [1.82, 2.24) is 9.80 Å². The molecule has 2 heterocycles. The van der Waals surface area contributed by atoms with E-state index in [4.69, 9.17) is 5.73 Å². The lowest BCUT2D eigenvalue weighted by Crippen LogP contribution is -2.43. The fraction of sp³-hybridized carbons (Fsp3) is 0.933. The fourth-order valence-electron chi connectivity index (χ4n) is 3.71. The molecule has 0 aromatic rings. The predicted octanol–water partition coefficient (Wildman–Crippen LogP) is 1.45. The molecule has 0 radical (unpaired) electrons. The Morgan fingerprint density at radius 2 is 2.11 bits per heavy atom. The molecule has 2 unspecified atom stereocenters. The minimum Gasteiger partial charge on any atom is -0.336 e. The molecule has 2 atom stereocenters. The molecule has 1 amide bonds. The molecule has 2 rings (SSSR count). The quantitative estimate of drug-likeness (QED) is 0.842. The third kappa shape index (κ3) is 3.69. The van der Waals surface area contributed by atoms with E-state index in [1.807, 2.05) is 4.90 Å². The van der Waals surface area contributed by atoms with Gasteiger partial charge in [-0.2, -0.15) is 0 Å². The molecule has 0 aromatic heterocycles. The smallest absolute Gasteiger partial charge is 0.223 e. The second kappa shape index (κ2) is 5.80. The summed E-state index contributed by atoms with van der Waals surface area (Å²) in [4.78, 5) is 16.8. The Kier molecular flexibility index (Phi) is 4.51. The van der Waals surface area contributed by atoms with Crippen molar-refractivity contribution in [3.8, 4) is 0 Å². The van der Waals surface area contributed by atoms with Crippen molar-refractivity contribution in [2.75, 3.05) is 26.7 Å². The summed E-state index contributed by atoms with van der Waals surface area (Å²) in [6.07, 6.45) is 5.19. The Morgan fingerprint density at radius 1 is 1.37 bits per heavy atom. The highest BCUT2D eigenvalue weighted by Gasteiger charge is 2.39. The second-order valence-electron chi connectivity index (χ2n) is 7.09. The van der Waals surface area contributed by atoms with Crippen molar-refractivity contribution in [2.24, 2.45) is 11.7 Å². The van der Waals surface area contributed by atoms with Crippen LogP contribution in [0.2, 0.25) is 0 Å². The number of hydrogen-bond donors (Lipinski definition) is 1. The van der Waals surface area contributed by atoms with Gasteiger partial charge >= 0.3 is 0 Å². The van der Waals surface area contributed by atoms with Crippen molar-refractivity contribution in [1.29, 1.82) is 0 Å². The minimum absolute atomic E-state index is 0.0557. The SMILES string of the molecule is CN1CCCC(CCC(=O)N2CC(N)CC2(C)C)C1. The normalized spacial score (nSPS) is 31.7. The van der Waals surface area contributed by atoms with Gasteiger partial charge in [-0.25, -0.2) is 0 Å². The largest absolute Gasteiger partial charge is 0.336 e. The monoisotopic (exact) mass is 267 g/mol. The third-order valence-electron chi connectivity index (χ3n) is 4.70. The van der Waals surface area contributed by atoms with Crippen LogP contribution in [-0.4, -0.2) is 54.0 Å². The number of carbonyl (C=O) groups excluding carboxylic acids is 1. The van der Waals surface area contributed by atoms with Gasteiger partial charge < -0.3 is 15.5 Å². The topological polar surface area (TPSA) is 49.6 Å². The summed E-state index contributed by atoms with van der Waals surface area (Å²) >= 11 is 0. The number of carbonyl (C=O) groups is 1. The molecule has 2 fully saturated rings. The van der Waals surface area contributed by atoms with Gasteiger partial charge in [0.25, 0.3) is 0 Å². The van der Waals surface area contributed by atoms with Crippen LogP contribution < -0.4 is 5.73 Å². The van der Waals surface area contributed by atoms with Gasteiger partial charge in [-0.1, -0.05) is 0 Å². The van der Waals surface area contributed by atoms with Crippen molar-refractivity contribution in [3.05, 3.63) is 0 Å². The van der Waals surface area contributed by atoms with Crippen molar-refractivity contribution in [3.63, 3.8) is 0 Å². The summed E-state index contributed by atoms with van der Waals surface area (Å²) in [7, 11) is 2.18. The van der Waals surface area contributed by atoms with Gasteiger partial charge in [0.05, 0.1) is 0 Å². The van der Waals surface area contributed by atoms with Crippen LogP contribution in [0.3, 0.4) is 0 Å². The predicted molar refractivity (Wildman–Crippen MR) is 77.8 cm³/mol. The fourth-order valence-corrected chi connectivity index (χ4v) is 3.71. The lowest BCUT2D eigenvalue weighted by Gasteiger charge is -2.33. The third-order valence-corrected chi connectivity index (χ3v) is 4.70. The van der Waals surface area contributed by atoms with E-state index in [0.29, 0.717) is 18.2 Å². The summed E-state index contributed by atoms with van der Waals surface area (Å²) < 4.78 is 0. The Hall–Kier alpha value is -0.610. The Balaban J connectivity index is 1.81. The van der Waals surface area contributed by atoms with Crippen molar-refractivity contribution < 1.29 is 4.79 Å². The summed E-state index contributed by atoms with van der Waals surface area (Å²) in [6, 6.07) is 0.153. The highest BCUT2D eigenvalue weighted by Crippen LogP contribution is 2.29. The Labute approximate surface area is 117 Å². The Bertz CT molecular complexity index is 329. The van der Waals surface area contributed by atoms with E-state index in [9.17, 15) is 4.79 Å². The lowest BCUT2D eigenvalue weighted by molar-refractivity contribution is -0.134. The van der Waals surface area contributed by atoms with E-state index < -0.39 is 0 Å². The number of nitrogens with zero attached hydrogens (tertiary/aromatic N) is 2. The first-order valence-electron chi connectivity index (χ1n) is 7.63. The first kappa shape index (κ1) is 14.8. The van der Waals surface area contributed by atoms with E-state index in [0.717, 1.165) is 25.9 Å². The molecule has 110 valence electrons. The molecule has 2 aliphatic heterocycles. The number of amides is 1. The van der Waals surface area contributed by atoms with Gasteiger partial charge in [0.2, 0.25) is 5.91 Å². The van der Waals surface area contributed by atoms with Crippen LogP contribution in [0.25, 0.3) is 0 Å². The maximum absolute atomic E-state index is 12.4. The Morgan fingerprint density at radius 3 is 2.68 bits per heavy atom. The zero-order valence-corrected chi connectivity index (χ0v) is 12.7. The number of piperidine rings is 1. The molecule has 4 heteroatoms. The average Bonchev–Trinajstić information content (AvgIpc) is 2.59. The van der Waals surface area contributed by atoms with Gasteiger partial charge in [0.15, 0.2) is 0 Å². The second-order valence-corrected chi connectivity index (χ2v) is 7.09. The van der Waals surface area contributed by atoms with E-state index in [1.54, 1.807) is 0 Å². The molecule has 2 saturated heterocycles. The van der Waals surface area contributed by atoms with Crippen LogP contribution in [0, 0.1) is 5.92 Å². The van der Waals surface area contributed by atoms with Crippen LogP contribution in [0.4, 0.5) is 0 Å². The lowest BCUT2D eigenvalue weighted by atomic mass is 9.93. The molecule has 4 nitrogen and oxygen atoms in total. The van der Waals surface area contributed by atoms with Crippen molar-refractivity contribution >= 4 is 5.91 Å². The molecular weight excluding hydrogens is 238 g/mol. The molecule has 2 aliphatic rings. The van der Waals surface area contributed by atoms with E-state index in [2.05, 4.69) is 25.8 Å². The first-order chi connectivity index (χ1) is 8.88. The maximum Gasteiger partial charge on any atom is 0.223 e. The molecule has 0 saturated carbocycles. The van der Waals surface area contributed by atoms with Crippen LogP contribution in [0.1, 0.15) is 46.0 Å². The molecular formula is C15H29N3O. The van der Waals surface area contributed by atoms with Gasteiger partial charge in [0, 0.05) is 31.1 Å². The number of nitrogens with two attached hydrogens (primary N) is 1. The number of likely N-dealkylation sites (tertiary alicyclic amines) is 2. The van der Waals surface area contributed by atoms with E-state index >= 15 is 0 Å². The van der Waals surface area contributed by atoms with Gasteiger partial charge in [-0.3, -0.25) is 4.79 Å². The van der Waals surface area contributed by atoms with Crippen molar-refractivity contribution in [2.45, 2.75) is 57.5 Å². The highest BCUT2D eigenvalue weighted by molar-refractivity contribution is 5.77. The maximum atomic E-state index is 12.4. The molecule has 0 bridgehead atoms. The first-order valence-corrected chi connectivity index (χ1v) is 7.63. The number of hydrogen-bond acceptors (Lipinski definition) is 3. The van der Waals surface area contributed by atoms with Crippen LogP contribution >= 0.6 is 0 Å². The van der Waals surface area contributed by atoms with Gasteiger partial charge in [-0.05, 0) is 59.0 Å². The molecule has 19 heavy (non-hydrogen) atoms. The van der Waals surface area contributed by atoms with Gasteiger partial charge in [-0.15, -0.1) is 0 Å².